The number of phenolic OH excluding ortho intramolecular Hbond substituents is 1. The topological polar surface area (TPSA) is 37.3 Å². The van der Waals surface area contributed by atoms with E-state index in [0.717, 1.165) is 16.7 Å². The molecular weight excluding hydrogens is 236 g/mol. The van der Waals surface area contributed by atoms with Crippen LogP contribution in [0, 0.1) is 12.8 Å². The van der Waals surface area contributed by atoms with Gasteiger partial charge in [-0.1, -0.05) is 49.4 Å². The Morgan fingerprint density at radius 2 is 1.84 bits per heavy atom. The molecule has 2 heteroatoms. The van der Waals surface area contributed by atoms with Crippen molar-refractivity contribution in [2.24, 2.45) is 5.92 Å². The van der Waals surface area contributed by atoms with Crippen molar-refractivity contribution in [2.45, 2.75) is 20.3 Å². The molecule has 0 aromatic heterocycles. The summed E-state index contributed by atoms with van der Waals surface area (Å²) in [6.07, 6.45) is 0.689. The normalized spacial score (nSPS) is 12.1. The number of rotatable bonds is 4. The standard InChI is InChI=1S/C17H18O2/c1-12-10-14(8-9-16(12)18)11-13(2)17(19)15-6-4-3-5-7-15/h3-10,13,18H,11H2,1-2H3. The van der Waals surface area contributed by atoms with Crippen molar-refractivity contribution in [3.8, 4) is 5.75 Å². The number of phenols is 1. The van der Waals surface area contributed by atoms with Gasteiger partial charge < -0.3 is 5.11 Å². The summed E-state index contributed by atoms with van der Waals surface area (Å²) < 4.78 is 0. The second-order valence-corrected chi connectivity index (χ2v) is 4.96. The zero-order chi connectivity index (χ0) is 13.8. The van der Waals surface area contributed by atoms with Gasteiger partial charge in [-0.2, -0.15) is 0 Å². The maximum atomic E-state index is 12.3. The Balaban J connectivity index is 2.10. The SMILES string of the molecule is Cc1cc(CC(C)C(=O)c2ccccc2)ccc1O. The molecule has 1 atom stereocenters. The number of Topliss-reactive ketones (excluding diaryl/α,β-unsaturated/α-hetero) is 1. The van der Waals surface area contributed by atoms with Crippen LogP contribution < -0.4 is 0 Å². The summed E-state index contributed by atoms with van der Waals surface area (Å²) >= 11 is 0. The van der Waals surface area contributed by atoms with Gasteiger partial charge in [0.25, 0.3) is 0 Å². The molecule has 0 aliphatic carbocycles. The lowest BCUT2D eigenvalue weighted by Gasteiger charge is -2.11. The molecule has 2 nitrogen and oxygen atoms in total. The van der Waals surface area contributed by atoms with Crippen molar-refractivity contribution in [1.82, 2.24) is 0 Å². The fourth-order valence-electron chi connectivity index (χ4n) is 2.18. The van der Waals surface area contributed by atoms with Gasteiger partial charge in [0.05, 0.1) is 0 Å². The molecule has 0 radical (unpaired) electrons. The highest BCUT2D eigenvalue weighted by Gasteiger charge is 2.15. The molecule has 1 unspecified atom stereocenters. The van der Waals surface area contributed by atoms with Crippen molar-refractivity contribution in [2.75, 3.05) is 0 Å². The van der Waals surface area contributed by atoms with Gasteiger partial charge in [-0.05, 0) is 30.5 Å². The maximum absolute atomic E-state index is 12.3. The third-order valence-corrected chi connectivity index (χ3v) is 3.31. The molecule has 19 heavy (non-hydrogen) atoms. The Labute approximate surface area is 113 Å². The summed E-state index contributed by atoms with van der Waals surface area (Å²) in [7, 11) is 0. The number of hydrogen-bond donors (Lipinski definition) is 1. The minimum absolute atomic E-state index is 0.0636. The molecule has 0 saturated carbocycles. The molecule has 0 spiro atoms. The minimum atomic E-state index is -0.0636. The second kappa shape index (κ2) is 5.70. The van der Waals surface area contributed by atoms with Crippen LogP contribution in [0.1, 0.15) is 28.4 Å². The summed E-state index contributed by atoms with van der Waals surface area (Å²) in [5.41, 5.74) is 2.68. The Hall–Kier alpha value is -2.09. The number of carbonyl (C=O) groups is 1. The highest BCUT2D eigenvalue weighted by Crippen LogP contribution is 2.20. The maximum Gasteiger partial charge on any atom is 0.165 e. The lowest BCUT2D eigenvalue weighted by atomic mass is 9.92. The zero-order valence-electron chi connectivity index (χ0n) is 11.3. The molecular formula is C17H18O2. The summed E-state index contributed by atoms with van der Waals surface area (Å²) in [4.78, 5) is 12.3. The van der Waals surface area contributed by atoms with E-state index in [4.69, 9.17) is 0 Å². The van der Waals surface area contributed by atoms with Crippen LogP contribution in [0.3, 0.4) is 0 Å². The number of aromatic hydroxyl groups is 1. The van der Waals surface area contributed by atoms with Gasteiger partial charge in [0.1, 0.15) is 5.75 Å². The lowest BCUT2D eigenvalue weighted by Crippen LogP contribution is -2.13. The van der Waals surface area contributed by atoms with Gasteiger partial charge in [0.15, 0.2) is 5.78 Å². The summed E-state index contributed by atoms with van der Waals surface area (Å²) in [5.74, 6) is 0.392. The van der Waals surface area contributed by atoms with Crippen LogP contribution in [0.25, 0.3) is 0 Å². The third-order valence-electron chi connectivity index (χ3n) is 3.31. The number of carbonyl (C=O) groups excluding carboxylic acids is 1. The first-order chi connectivity index (χ1) is 9.08. The lowest BCUT2D eigenvalue weighted by molar-refractivity contribution is 0.0929. The molecule has 0 heterocycles. The van der Waals surface area contributed by atoms with Crippen LogP contribution in [0.15, 0.2) is 48.5 Å². The Kier molecular flexibility index (Phi) is 4.00. The average Bonchev–Trinajstić information content (AvgIpc) is 2.43. The Morgan fingerprint density at radius 1 is 1.16 bits per heavy atom. The Bertz CT molecular complexity index is 573. The van der Waals surface area contributed by atoms with Crippen LogP contribution in [0.5, 0.6) is 5.75 Å². The van der Waals surface area contributed by atoms with Crippen molar-refractivity contribution in [1.29, 1.82) is 0 Å². The van der Waals surface area contributed by atoms with E-state index in [1.54, 1.807) is 6.07 Å². The fraction of sp³-hybridized carbons (Fsp3) is 0.235. The smallest absolute Gasteiger partial charge is 0.165 e. The van der Waals surface area contributed by atoms with E-state index in [-0.39, 0.29) is 11.7 Å². The molecule has 0 aliphatic rings. The van der Waals surface area contributed by atoms with Gasteiger partial charge in [0, 0.05) is 11.5 Å². The van der Waals surface area contributed by atoms with Gasteiger partial charge in [0.2, 0.25) is 0 Å². The second-order valence-electron chi connectivity index (χ2n) is 4.96. The van der Waals surface area contributed by atoms with E-state index in [2.05, 4.69) is 0 Å². The van der Waals surface area contributed by atoms with Crippen LogP contribution in [-0.2, 0) is 6.42 Å². The molecule has 0 saturated heterocycles. The molecule has 0 bridgehead atoms. The van der Waals surface area contributed by atoms with Crippen molar-refractivity contribution in [3.63, 3.8) is 0 Å². The quantitative estimate of drug-likeness (QED) is 0.843. The number of ketones is 1. The van der Waals surface area contributed by atoms with Crippen LogP contribution >= 0.6 is 0 Å². The molecule has 2 aromatic carbocycles. The first kappa shape index (κ1) is 13.3. The molecule has 1 N–H and O–H groups in total. The van der Waals surface area contributed by atoms with Gasteiger partial charge >= 0.3 is 0 Å². The largest absolute Gasteiger partial charge is 0.508 e. The molecule has 2 rings (SSSR count). The molecule has 98 valence electrons. The van der Waals surface area contributed by atoms with E-state index in [0.29, 0.717) is 12.2 Å². The van der Waals surface area contributed by atoms with Gasteiger partial charge in [-0.3, -0.25) is 4.79 Å². The predicted octanol–water partition coefficient (Wildman–Crippen LogP) is 3.76. The third kappa shape index (κ3) is 3.22. The number of hydrogen-bond acceptors (Lipinski definition) is 2. The zero-order valence-corrected chi connectivity index (χ0v) is 11.3. The van der Waals surface area contributed by atoms with Crippen LogP contribution in [-0.4, -0.2) is 10.9 Å². The molecule has 0 fully saturated rings. The molecule has 0 aliphatic heterocycles. The summed E-state index contributed by atoms with van der Waals surface area (Å²) in [6, 6.07) is 14.9. The van der Waals surface area contributed by atoms with E-state index < -0.39 is 0 Å². The monoisotopic (exact) mass is 254 g/mol. The van der Waals surface area contributed by atoms with E-state index in [1.165, 1.54) is 0 Å². The van der Waals surface area contributed by atoms with Gasteiger partial charge in [-0.15, -0.1) is 0 Å². The first-order valence-electron chi connectivity index (χ1n) is 6.45. The fourth-order valence-corrected chi connectivity index (χ4v) is 2.18. The van der Waals surface area contributed by atoms with Gasteiger partial charge in [-0.25, -0.2) is 0 Å². The number of benzene rings is 2. The highest BCUT2D eigenvalue weighted by atomic mass is 16.3. The highest BCUT2D eigenvalue weighted by molar-refractivity contribution is 5.97. The summed E-state index contributed by atoms with van der Waals surface area (Å²) in [5, 5.41) is 9.50. The first-order valence-corrected chi connectivity index (χ1v) is 6.45. The van der Waals surface area contributed by atoms with E-state index >= 15 is 0 Å². The Morgan fingerprint density at radius 3 is 2.47 bits per heavy atom. The summed E-state index contributed by atoms with van der Waals surface area (Å²) in [6.45, 7) is 3.81. The van der Waals surface area contributed by atoms with Crippen LogP contribution in [0.4, 0.5) is 0 Å². The van der Waals surface area contributed by atoms with Crippen molar-refractivity contribution < 1.29 is 9.90 Å². The van der Waals surface area contributed by atoms with Crippen LogP contribution in [0.2, 0.25) is 0 Å². The van der Waals surface area contributed by atoms with Crippen molar-refractivity contribution >= 4 is 5.78 Å². The molecule has 0 amide bonds. The predicted molar refractivity (Wildman–Crippen MR) is 76.5 cm³/mol. The van der Waals surface area contributed by atoms with E-state index in [1.807, 2.05) is 56.3 Å². The molecule has 2 aromatic rings. The average molecular weight is 254 g/mol. The van der Waals surface area contributed by atoms with Crippen molar-refractivity contribution in [3.05, 3.63) is 65.2 Å². The van der Waals surface area contributed by atoms with E-state index in [9.17, 15) is 9.90 Å². The number of aryl methyl sites for hydroxylation is 1. The minimum Gasteiger partial charge on any atom is -0.508 e.